The summed E-state index contributed by atoms with van der Waals surface area (Å²) in [4.78, 5) is 22.3. The maximum absolute atomic E-state index is 11.2. The molecule has 2 amide bonds. The van der Waals surface area contributed by atoms with Gasteiger partial charge in [0.15, 0.2) is 11.5 Å². The first-order valence-electron chi connectivity index (χ1n) is 6.48. The Morgan fingerprint density at radius 2 is 2.00 bits per heavy atom. The molecule has 120 valence electrons. The van der Waals surface area contributed by atoms with Gasteiger partial charge in [0.05, 0.1) is 23.9 Å². The van der Waals surface area contributed by atoms with E-state index < -0.39 is 11.8 Å². The molecule has 0 unspecified atom stereocenters. The number of amides is 2. The van der Waals surface area contributed by atoms with Gasteiger partial charge in [-0.25, -0.2) is 5.43 Å². The highest BCUT2D eigenvalue weighted by molar-refractivity contribution is 9.10. The summed E-state index contributed by atoms with van der Waals surface area (Å²) < 4.78 is 11.6. The summed E-state index contributed by atoms with van der Waals surface area (Å²) in [5.74, 6) is -0.493. The molecule has 0 aliphatic rings. The summed E-state index contributed by atoms with van der Waals surface area (Å²) in [7, 11) is 2.89. The molecule has 1 rings (SSSR count). The summed E-state index contributed by atoms with van der Waals surface area (Å²) in [5.41, 5.74) is 2.78. The van der Waals surface area contributed by atoms with E-state index in [9.17, 15) is 9.59 Å². The molecule has 0 spiro atoms. The molecule has 0 atom stereocenters. The third-order valence-electron chi connectivity index (χ3n) is 2.42. The minimum absolute atomic E-state index is 0.00318. The van der Waals surface area contributed by atoms with Crippen LogP contribution in [0.4, 0.5) is 0 Å². The fourth-order valence-electron chi connectivity index (χ4n) is 1.49. The van der Waals surface area contributed by atoms with Gasteiger partial charge in [-0.3, -0.25) is 9.59 Å². The largest absolute Gasteiger partial charge is 0.493 e. The molecule has 1 aromatic carbocycles. The van der Waals surface area contributed by atoms with Crippen LogP contribution in [0.15, 0.2) is 21.7 Å². The van der Waals surface area contributed by atoms with Crippen LogP contribution in [0.5, 0.6) is 11.5 Å². The molecule has 0 saturated carbocycles. The molecule has 0 aliphatic carbocycles. The molecular weight excluding hydrogens is 354 g/mol. The lowest BCUT2D eigenvalue weighted by Gasteiger charge is -2.15. The number of hydrazone groups is 1. The number of benzene rings is 1. The van der Waals surface area contributed by atoms with Crippen molar-refractivity contribution >= 4 is 34.0 Å². The monoisotopic (exact) mass is 371 g/mol. The quantitative estimate of drug-likeness (QED) is 0.465. The zero-order chi connectivity index (χ0) is 16.7. The predicted octanol–water partition coefficient (Wildman–Crippen LogP) is 1.44. The SMILES string of the molecule is CNC(=O)C(=O)N/N=C\c1cc(Br)c(OC(C)C)c(OC)c1. The molecule has 22 heavy (non-hydrogen) atoms. The lowest BCUT2D eigenvalue weighted by Crippen LogP contribution is -2.35. The van der Waals surface area contributed by atoms with Crippen LogP contribution in [0.2, 0.25) is 0 Å². The maximum atomic E-state index is 11.2. The van der Waals surface area contributed by atoms with Crippen LogP contribution in [-0.2, 0) is 9.59 Å². The Morgan fingerprint density at radius 3 is 2.55 bits per heavy atom. The molecule has 1 aromatic rings. The second-order valence-corrected chi connectivity index (χ2v) is 5.33. The van der Waals surface area contributed by atoms with Crippen LogP contribution >= 0.6 is 15.9 Å². The van der Waals surface area contributed by atoms with Crippen molar-refractivity contribution in [2.45, 2.75) is 20.0 Å². The summed E-state index contributed by atoms with van der Waals surface area (Å²) in [6.45, 7) is 3.82. The van der Waals surface area contributed by atoms with E-state index in [4.69, 9.17) is 9.47 Å². The van der Waals surface area contributed by atoms with E-state index in [1.807, 2.05) is 13.8 Å². The van der Waals surface area contributed by atoms with Gasteiger partial charge in [-0.05, 0) is 47.5 Å². The molecule has 7 nitrogen and oxygen atoms in total. The van der Waals surface area contributed by atoms with Gasteiger partial charge in [-0.2, -0.15) is 5.10 Å². The van der Waals surface area contributed by atoms with E-state index in [1.165, 1.54) is 20.4 Å². The van der Waals surface area contributed by atoms with E-state index in [2.05, 4.69) is 31.8 Å². The first kappa shape index (κ1) is 18.0. The van der Waals surface area contributed by atoms with Crippen molar-refractivity contribution in [2.75, 3.05) is 14.2 Å². The van der Waals surface area contributed by atoms with E-state index in [1.54, 1.807) is 12.1 Å². The highest BCUT2D eigenvalue weighted by Crippen LogP contribution is 2.36. The van der Waals surface area contributed by atoms with Gasteiger partial charge in [0.1, 0.15) is 0 Å². The minimum atomic E-state index is -0.843. The molecule has 0 saturated heterocycles. The molecule has 8 heteroatoms. The Kier molecular flexibility index (Phi) is 6.84. The molecule has 2 N–H and O–H groups in total. The standard InChI is InChI=1S/C14H18BrN3O4/c1-8(2)22-12-10(15)5-9(6-11(12)21-4)7-17-18-14(20)13(19)16-3/h5-8H,1-4H3,(H,16,19)(H,18,20)/b17-7-. The van der Waals surface area contributed by atoms with Crippen LogP contribution in [0.1, 0.15) is 19.4 Å². The normalized spacial score (nSPS) is 10.6. The lowest BCUT2D eigenvalue weighted by molar-refractivity contribution is -0.138. The first-order chi connectivity index (χ1) is 10.4. The Hall–Kier alpha value is -2.09. The van der Waals surface area contributed by atoms with Gasteiger partial charge in [0.25, 0.3) is 0 Å². The highest BCUT2D eigenvalue weighted by atomic mass is 79.9. The summed E-state index contributed by atoms with van der Waals surface area (Å²) in [6.07, 6.45) is 1.39. The number of carbonyl (C=O) groups is 2. The number of nitrogens with one attached hydrogen (secondary N) is 2. The third-order valence-corrected chi connectivity index (χ3v) is 3.01. The van der Waals surface area contributed by atoms with Crippen LogP contribution in [0, 0.1) is 0 Å². The molecule has 0 heterocycles. The van der Waals surface area contributed by atoms with Crippen LogP contribution < -0.4 is 20.2 Å². The van der Waals surface area contributed by atoms with Gasteiger partial charge in [0.2, 0.25) is 0 Å². The van der Waals surface area contributed by atoms with E-state index in [0.717, 1.165) is 0 Å². The summed E-state index contributed by atoms with van der Waals surface area (Å²) in [5, 5.41) is 5.91. The topological polar surface area (TPSA) is 89.0 Å². The van der Waals surface area contributed by atoms with E-state index in [-0.39, 0.29) is 6.10 Å². The second-order valence-electron chi connectivity index (χ2n) is 4.48. The number of carbonyl (C=O) groups excluding carboxylic acids is 2. The zero-order valence-electron chi connectivity index (χ0n) is 12.8. The predicted molar refractivity (Wildman–Crippen MR) is 86.3 cm³/mol. The molecule has 0 fully saturated rings. The van der Waals surface area contributed by atoms with Gasteiger partial charge in [0, 0.05) is 7.05 Å². The molecule has 0 radical (unpaired) electrons. The van der Waals surface area contributed by atoms with Crippen molar-refractivity contribution in [3.63, 3.8) is 0 Å². The Morgan fingerprint density at radius 1 is 1.32 bits per heavy atom. The third kappa shape index (κ3) is 5.03. The van der Waals surface area contributed by atoms with E-state index >= 15 is 0 Å². The lowest BCUT2D eigenvalue weighted by atomic mass is 10.2. The Bertz CT molecular complexity index is 588. The average Bonchev–Trinajstić information content (AvgIpc) is 2.48. The fourth-order valence-corrected chi connectivity index (χ4v) is 2.05. The van der Waals surface area contributed by atoms with Gasteiger partial charge >= 0.3 is 11.8 Å². The van der Waals surface area contributed by atoms with Crippen LogP contribution in [0.3, 0.4) is 0 Å². The highest BCUT2D eigenvalue weighted by Gasteiger charge is 2.13. The van der Waals surface area contributed by atoms with E-state index in [0.29, 0.717) is 21.5 Å². The van der Waals surface area contributed by atoms with Crippen molar-refractivity contribution in [1.82, 2.24) is 10.7 Å². The zero-order valence-corrected chi connectivity index (χ0v) is 14.4. The van der Waals surface area contributed by atoms with Crippen molar-refractivity contribution in [1.29, 1.82) is 0 Å². The fraction of sp³-hybridized carbons (Fsp3) is 0.357. The minimum Gasteiger partial charge on any atom is -0.493 e. The van der Waals surface area contributed by atoms with Crippen molar-refractivity contribution < 1.29 is 19.1 Å². The number of hydrogen-bond donors (Lipinski definition) is 2. The number of methoxy groups -OCH3 is 1. The van der Waals surface area contributed by atoms with Crippen molar-refractivity contribution in [3.05, 3.63) is 22.2 Å². The average molecular weight is 372 g/mol. The molecular formula is C14H18BrN3O4. The van der Waals surface area contributed by atoms with Gasteiger partial charge in [-0.15, -0.1) is 0 Å². The van der Waals surface area contributed by atoms with Gasteiger partial charge < -0.3 is 14.8 Å². The number of halogens is 1. The number of nitrogens with zero attached hydrogens (tertiary/aromatic N) is 1. The van der Waals surface area contributed by atoms with Crippen molar-refractivity contribution in [2.24, 2.45) is 5.10 Å². The second kappa shape index (κ2) is 8.38. The Labute approximate surface area is 137 Å². The van der Waals surface area contributed by atoms with Crippen molar-refractivity contribution in [3.8, 4) is 11.5 Å². The number of likely N-dealkylation sites (N-methyl/N-ethyl adjacent to an activating group) is 1. The molecule has 0 bridgehead atoms. The molecule has 0 aromatic heterocycles. The van der Waals surface area contributed by atoms with Crippen LogP contribution in [-0.4, -0.2) is 38.3 Å². The Balaban J connectivity index is 2.91. The van der Waals surface area contributed by atoms with Gasteiger partial charge in [-0.1, -0.05) is 0 Å². The first-order valence-corrected chi connectivity index (χ1v) is 7.27. The summed E-state index contributed by atoms with van der Waals surface area (Å²) >= 11 is 3.40. The number of ether oxygens (including phenoxy) is 2. The summed E-state index contributed by atoms with van der Waals surface area (Å²) in [6, 6.07) is 3.47. The maximum Gasteiger partial charge on any atom is 0.329 e. The van der Waals surface area contributed by atoms with Crippen LogP contribution in [0.25, 0.3) is 0 Å². The molecule has 0 aliphatic heterocycles. The smallest absolute Gasteiger partial charge is 0.329 e. The number of rotatable bonds is 5. The number of hydrogen-bond acceptors (Lipinski definition) is 5.